The van der Waals surface area contributed by atoms with E-state index in [0.29, 0.717) is 11.8 Å². The third kappa shape index (κ3) is 5.25. The van der Waals surface area contributed by atoms with Gasteiger partial charge < -0.3 is 10.4 Å². The molecule has 1 aromatic heterocycles. The predicted octanol–water partition coefficient (Wildman–Crippen LogP) is 6.05. The van der Waals surface area contributed by atoms with Gasteiger partial charge in [-0.2, -0.15) is 0 Å². The van der Waals surface area contributed by atoms with Gasteiger partial charge in [-0.3, -0.25) is 4.72 Å². The molecule has 0 radical (unpaired) electrons. The number of aliphatic hydroxyl groups is 1. The van der Waals surface area contributed by atoms with Crippen molar-refractivity contribution in [3.63, 3.8) is 0 Å². The average molecular weight is 393 g/mol. The number of amides is 2. The Morgan fingerprint density at radius 1 is 1.08 bits per heavy atom. The summed E-state index contributed by atoms with van der Waals surface area (Å²) in [6.07, 6.45) is 0. The molecule has 0 aliphatic carbocycles. The molecule has 0 saturated heterocycles. The van der Waals surface area contributed by atoms with Crippen LogP contribution in [0.25, 0.3) is 0 Å². The van der Waals surface area contributed by atoms with Crippen LogP contribution >= 0.6 is 23.3 Å². The Bertz CT molecular complexity index is 735. The SMILES string of the molecule is CC(C)c1cccc(C(C)C)c1NC(=O)NSc1ccc(C(C)(C)O)s1. The van der Waals surface area contributed by atoms with E-state index >= 15 is 0 Å². The lowest BCUT2D eigenvalue weighted by molar-refractivity contribution is 0.0825. The highest BCUT2D eigenvalue weighted by Gasteiger charge is 2.19. The predicted molar refractivity (Wildman–Crippen MR) is 112 cm³/mol. The minimum absolute atomic E-state index is 0.247. The molecule has 3 N–H and O–H groups in total. The molecule has 0 fully saturated rings. The molecule has 4 nitrogen and oxygen atoms in total. The maximum absolute atomic E-state index is 12.5. The van der Waals surface area contributed by atoms with Crippen LogP contribution in [0.15, 0.2) is 34.5 Å². The van der Waals surface area contributed by atoms with Crippen LogP contribution in [0.1, 0.15) is 69.4 Å². The number of hydrogen-bond donors (Lipinski definition) is 3. The molecule has 2 aromatic rings. The van der Waals surface area contributed by atoms with Crippen LogP contribution in [0, 0.1) is 0 Å². The molecule has 0 atom stereocenters. The van der Waals surface area contributed by atoms with Crippen LogP contribution in [-0.2, 0) is 5.60 Å². The molecular weight excluding hydrogens is 364 g/mol. The molecule has 142 valence electrons. The highest BCUT2D eigenvalue weighted by Crippen LogP contribution is 2.34. The first kappa shape index (κ1) is 20.8. The van der Waals surface area contributed by atoms with E-state index in [1.54, 1.807) is 13.8 Å². The zero-order chi connectivity index (χ0) is 19.5. The Morgan fingerprint density at radius 2 is 1.65 bits per heavy atom. The number of para-hydroxylation sites is 1. The molecule has 1 heterocycles. The number of rotatable bonds is 6. The van der Waals surface area contributed by atoms with Crippen molar-refractivity contribution in [3.05, 3.63) is 46.3 Å². The molecule has 26 heavy (non-hydrogen) atoms. The first-order valence-corrected chi connectivity index (χ1v) is 10.4. The van der Waals surface area contributed by atoms with Crippen LogP contribution in [0.2, 0.25) is 0 Å². The summed E-state index contributed by atoms with van der Waals surface area (Å²) in [5.41, 5.74) is 2.31. The normalized spacial score (nSPS) is 11.9. The lowest BCUT2D eigenvalue weighted by Crippen LogP contribution is -2.24. The summed E-state index contributed by atoms with van der Waals surface area (Å²) in [5, 5.41) is 13.1. The number of urea groups is 1. The number of benzene rings is 1. The Morgan fingerprint density at radius 3 is 2.12 bits per heavy atom. The van der Waals surface area contributed by atoms with E-state index in [9.17, 15) is 9.90 Å². The number of carbonyl (C=O) groups excluding carboxylic acids is 1. The molecule has 2 amide bonds. The van der Waals surface area contributed by atoms with Crippen molar-refractivity contribution in [3.8, 4) is 0 Å². The summed E-state index contributed by atoms with van der Waals surface area (Å²) >= 11 is 2.73. The molecule has 0 unspecified atom stereocenters. The monoisotopic (exact) mass is 392 g/mol. The van der Waals surface area contributed by atoms with E-state index in [4.69, 9.17) is 0 Å². The van der Waals surface area contributed by atoms with Gasteiger partial charge in [0, 0.05) is 10.6 Å². The first-order valence-electron chi connectivity index (χ1n) is 8.79. The van der Waals surface area contributed by atoms with Crippen molar-refractivity contribution in [2.45, 2.75) is 63.2 Å². The van der Waals surface area contributed by atoms with Gasteiger partial charge in [-0.05, 0) is 60.9 Å². The lowest BCUT2D eigenvalue weighted by Gasteiger charge is -2.20. The zero-order valence-corrected chi connectivity index (χ0v) is 17.8. The van der Waals surface area contributed by atoms with E-state index in [1.807, 2.05) is 18.2 Å². The zero-order valence-electron chi connectivity index (χ0n) is 16.2. The second kappa shape index (κ2) is 8.46. The van der Waals surface area contributed by atoms with E-state index in [-0.39, 0.29) is 6.03 Å². The van der Waals surface area contributed by atoms with Crippen molar-refractivity contribution in [1.82, 2.24) is 4.72 Å². The van der Waals surface area contributed by atoms with Crippen LogP contribution < -0.4 is 10.0 Å². The van der Waals surface area contributed by atoms with Gasteiger partial charge >= 0.3 is 6.03 Å². The summed E-state index contributed by atoms with van der Waals surface area (Å²) < 4.78 is 3.77. The maximum atomic E-state index is 12.5. The molecule has 6 heteroatoms. The molecule has 0 aliphatic rings. The summed E-state index contributed by atoms with van der Waals surface area (Å²) in [7, 11) is 0. The third-order valence-electron chi connectivity index (χ3n) is 4.04. The fraction of sp³-hybridized carbons (Fsp3) is 0.450. The highest BCUT2D eigenvalue weighted by atomic mass is 32.2. The summed E-state index contributed by atoms with van der Waals surface area (Å²) in [5.74, 6) is 0.645. The van der Waals surface area contributed by atoms with Gasteiger partial charge in [0.1, 0.15) is 0 Å². The second-order valence-corrected chi connectivity index (χ2v) is 9.65. The van der Waals surface area contributed by atoms with Crippen LogP contribution in [0.3, 0.4) is 0 Å². The third-order valence-corrected chi connectivity index (χ3v) is 6.36. The van der Waals surface area contributed by atoms with Gasteiger partial charge in [0.05, 0.1) is 9.81 Å². The fourth-order valence-electron chi connectivity index (χ4n) is 2.63. The number of hydrogen-bond acceptors (Lipinski definition) is 4. The number of anilines is 1. The van der Waals surface area contributed by atoms with Crippen LogP contribution in [0.4, 0.5) is 10.5 Å². The van der Waals surface area contributed by atoms with Gasteiger partial charge in [-0.25, -0.2) is 4.79 Å². The molecule has 0 bridgehead atoms. The van der Waals surface area contributed by atoms with Gasteiger partial charge in [0.25, 0.3) is 0 Å². The van der Waals surface area contributed by atoms with Gasteiger partial charge in [-0.15, -0.1) is 11.3 Å². The molecule has 1 aromatic carbocycles. The van der Waals surface area contributed by atoms with Gasteiger partial charge in [-0.1, -0.05) is 45.9 Å². The van der Waals surface area contributed by atoms with Crippen molar-refractivity contribution in [2.24, 2.45) is 0 Å². The fourth-order valence-corrected chi connectivity index (χ4v) is 4.31. The molecule has 0 saturated carbocycles. The molecular formula is C20H28N2O2S2. The van der Waals surface area contributed by atoms with Crippen molar-refractivity contribution in [2.75, 3.05) is 5.32 Å². The van der Waals surface area contributed by atoms with E-state index in [1.165, 1.54) is 23.3 Å². The minimum atomic E-state index is -0.867. The van der Waals surface area contributed by atoms with Crippen LogP contribution in [-0.4, -0.2) is 11.1 Å². The highest BCUT2D eigenvalue weighted by molar-refractivity contribution is 7.99. The molecule has 0 aliphatic heterocycles. The second-order valence-electron chi connectivity index (χ2n) is 7.46. The summed E-state index contributed by atoms with van der Waals surface area (Å²) in [4.78, 5) is 13.3. The average Bonchev–Trinajstić information content (AvgIpc) is 3.02. The Balaban J connectivity index is 2.09. The number of thiophene rings is 1. The summed E-state index contributed by atoms with van der Waals surface area (Å²) in [6, 6.07) is 9.72. The number of carbonyl (C=O) groups is 1. The van der Waals surface area contributed by atoms with Gasteiger partial charge in [0.2, 0.25) is 0 Å². The van der Waals surface area contributed by atoms with Crippen LogP contribution in [0.5, 0.6) is 0 Å². The Hall–Kier alpha value is -1.50. The molecule has 2 rings (SSSR count). The maximum Gasteiger partial charge on any atom is 0.329 e. The Kier molecular flexibility index (Phi) is 6.77. The van der Waals surface area contributed by atoms with Crippen molar-refractivity contribution >= 4 is 35.0 Å². The van der Waals surface area contributed by atoms with Crippen molar-refractivity contribution < 1.29 is 9.90 Å². The standard InChI is InChI=1S/C20H28N2O2S2/c1-12(2)14-8-7-9-15(13(3)4)18(14)21-19(23)22-26-17-11-10-16(25-17)20(5,6)24/h7-13,24H,1-6H3,(H2,21,22,23). The number of nitrogens with one attached hydrogen (secondary N) is 2. The minimum Gasteiger partial charge on any atom is -0.385 e. The van der Waals surface area contributed by atoms with Gasteiger partial charge in [0.15, 0.2) is 0 Å². The molecule has 0 spiro atoms. The lowest BCUT2D eigenvalue weighted by atomic mass is 9.93. The largest absolute Gasteiger partial charge is 0.385 e. The van der Waals surface area contributed by atoms with Crippen molar-refractivity contribution in [1.29, 1.82) is 0 Å². The van der Waals surface area contributed by atoms with E-state index in [2.05, 4.69) is 49.9 Å². The van der Waals surface area contributed by atoms with E-state index in [0.717, 1.165) is 25.9 Å². The first-order chi connectivity index (χ1) is 12.1. The smallest absolute Gasteiger partial charge is 0.329 e. The topological polar surface area (TPSA) is 61.4 Å². The van der Waals surface area contributed by atoms with E-state index < -0.39 is 5.60 Å². The Labute approximate surface area is 164 Å². The quantitative estimate of drug-likeness (QED) is 0.524. The summed E-state index contributed by atoms with van der Waals surface area (Å²) in [6.45, 7) is 12.0.